The average molecular weight is 265 g/mol. The lowest BCUT2D eigenvalue weighted by Crippen LogP contribution is -2.36. The van der Waals surface area contributed by atoms with Crippen molar-refractivity contribution in [2.24, 2.45) is 0 Å². The highest BCUT2D eigenvalue weighted by Crippen LogP contribution is 2.34. The van der Waals surface area contributed by atoms with Crippen molar-refractivity contribution in [1.82, 2.24) is 5.32 Å². The molecular weight excluding hydrogens is 246 g/mol. The third kappa shape index (κ3) is 2.74. The van der Waals surface area contributed by atoms with Gasteiger partial charge in [0.1, 0.15) is 0 Å². The van der Waals surface area contributed by atoms with Crippen molar-refractivity contribution in [1.29, 1.82) is 0 Å². The highest BCUT2D eigenvalue weighted by atomic mass is 16.1. The SMILES string of the molecule is O=C(N[C@@H]1CCC[C@H]1c1ccccc1)c1ccccc1. The van der Waals surface area contributed by atoms with E-state index in [1.165, 1.54) is 12.0 Å². The molecule has 0 saturated heterocycles. The van der Waals surface area contributed by atoms with Crippen molar-refractivity contribution in [3.05, 3.63) is 71.8 Å². The lowest BCUT2D eigenvalue weighted by atomic mass is 9.94. The predicted molar refractivity (Wildman–Crippen MR) is 80.7 cm³/mol. The van der Waals surface area contributed by atoms with Gasteiger partial charge in [0.05, 0.1) is 0 Å². The highest BCUT2D eigenvalue weighted by Gasteiger charge is 2.29. The summed E-state index contributed by atoms with van der Waals surface area (Å²) in [6, 6.07) is 20.2. The van der Waals surface area contributed by atoms with Crippen LogP contribution in [0.2, 0.25) is 0 Å². The summed E-state index contributed by atoms with van der Waals surface area (Å²) < 4.78 is 0. The zero-order valence-electron chi connectivity index (χ0n) is 11.5. The van der Waals surface area contributed by atoms with Crippen molar-refractivity contribution < 1.29 is 4.79 Å². The van der Waals surface area contributed by atoms with E-state index in [9.17, 15) is 4.79 Å². The van der Waals surface area contributed by atoms with Gasteiger partial charge in [0.2, 0.25) is 0 Å². The van der Waals surface area contributed by atoms with Crippen molar-refractivity contribution >= 4 is 5.91 Å². The van der Waals surface area contributed by atoms with Gasteiger partial charge in [0, 0.05) is 17.5 Å². The summed E-state index contributed by atoms with van der Waals surface area (Å²) in [4.78, 5) is 12.3. The monoisotopic (exact) mass is 265 g/mol. The number of rotatable bonds is 3. The van der Waals surface area contributed by atoms with Crippen LogP contribution in [0.25, 0.3) is 0 Å². The second-order valence-electron chi connectivity index (χ2n) is 5.39. The molecule has 0 unspecified atom stereocenters. The molecule has 20 heavy (non-hydrogen) atoms. The van der Waals surface area contributed by atoms with E-state index in [-0.39, 0.29) is 11.9 Å². The van der Waals surface area contributed by atoms with Crippen LogP contribution in [0.1, 0.15) is 41.1 Å². The Morgan fingerprint density at radius 1 is 0.900 bits per heavy atom. The molecule has 2 aromatic carbocycles. The maximum Gasteiger partial charge on any atom is 0.251 e. The summed E-state index contributed by atoms with van der Waals surface area (Å²) in [7, 11) is 0. The molecule has 1 amide bonds. The van der Waals surface area contributed by atoms with Crippen LogP contribution in [0, 0.1) is 0 Å². The molecule has 1 saturated carbocycles. The highest BCUT2D eigenvalue weighted by molar-refractivity contribution is 5.94. The molecule has 0 bridgehead atoms. The molecule has 0 heterocycles. The predicted octanol–water partition coefficient (Wildman–Crippen LogP) is 3.75. The molecule has 2 aromatic rings. The zero-order chi connectivity index (χ0) is 13.8. The summed E-state index contributed by atoms with van der Waals surface area (Å²) in [5.74, 6) is 0.488. The van der Waals surface area contributed by atoms with E-state index >= 15 is 0 Å². The topological polar surface area (TPSA) is 29.1 Å². The Bertz CT molecular complexity index is 564. The fraction of sp³-hybridized carbons (Fsp3) is 0.278. The Kier molecular flexibility index (Phi) is 3.82. The fourth-order valence-electron chi connectivity index (χ4n) is 3.07. The molecular formula is C18H19NO. The number of amides is 1. The third-order valence-electron chi connectivity index (χ3n) is 4.10. The maximum absolute atomic E-state index is 12.3. The average Bonchev–Trinajstić information content (AvgIpc) is 2.97. The van der Waals surface area contributed by atoms with Crippen LogP contribution in [0.3, 0.4) is 0 Å². The van der Waals surface area contributed by atoms with E-state index in [1.807, 2.05) is 36.4 Å². The van der Waals surface area contributed by atoms with Crippen molar-refractivity contribution in [2.45, 2.75) is 31.2 Å². The van der Waals surface area contributed by atoms with E-state index in [0.29, 0.717) is 5.92 Å². The van der Waals surface area contributed by atoms with Crippen molar-refractivity contribution in [2.75, 3.05) is 0 Å². The minimum Gasteiger partial charge on any atom is -0.349 e. The first-order valence-corrected chi connectivity index (χ1v) is 7.25. The Hall–Kier alpha value is -2.09. The van der Waals surface area contributed by atoms with Crippen LogP contribution in [-0.4, -0.2) is 11.9 Å². The smallest absolute Gasteiger partial charge is 0.251 e. The molecule has 0 aromatic heterocycles. The second kappa shape index (κ2) is 5.91. The standard InChI is InChI=1S/C18H19NO/c20-18(15-10-5-2-6-11-15)19-17-13-7-12-16(17)14-8-3-1-4-9-14/h1-6,8-11,16-17H,7,12-13H2,(H,19,20)/t16-,17+/m0/s1. The summed E-state index contributed by atoms with van der Waals surface area (Å²) in [5.41, 5.74) is 2.08. The van der Waals surface area contributed by atoms with Gasteiger partial charge in [0.15, 0.2) is 0 Å². The van der Waals surface area contributed by atoms with E-state index in [4.69, 9.17) is 0 Å². The minimum absolute atomic E-state index is 0.0402. The van der Waals surface area contributed by atoms with Gasteiger partial charge in [-0.15, -0.1) is 0 Å². The van der Waals surface area contributed by atoms with Crippen LogP contribution in [-0.2, 0) is 0 Å². The summed E-state index contributed by atoms with van der Waals surface area (Å²) in [6.07, 6.45) is 3.40. The van der Waals surface area contributed by atoms with Crippen molar-refractivity contribution in [3.63, 3.8) is 0 Å². The zero-order valence-corrected chi connectivity index (χ0v) is 11.5. The summed E-state index contributed by atoms with van der Waals surface area (Å²) >= 11 is 0. The normalized spacial score (nSPS) is 21.6. The van der Waals surface area contributed by atoms with Crippen LogP contribution >= 0.6 is 0 Å². The molecule has 102 valence electrons. The fourth-order valence-corrected chi connectivity index (χ4v) is 3.07. The Balaban J connectivity index is 1.72. The van der Waals surface area contributed by atoms with Crippen molar-refractivity contribution in [3.8, 4) is 0 Å². The van der Waals surface area contributed by atoms with E-state index in [2.05, 4.69) is 29.6 Å². The molecule has 2 nitrogen and oxygen atoms in total. The van der Waals surface area contributed by atoms with Gasteiger partial charge in [-0.25, -0.2) is 0 Å². The molecule has 1 fully saturated rings. The number of nitrogens with one attached hydrogen (secondary N) is 1. The summed E-state index contributed by atoms with van der Waals surface area (Å²) in [5, 5.41) is 3.20. The molecule has 0 spiro atoms. The van der Waals surface area contributed by atoms with E-state index < -0.39 is 0 Å². The molecule has 0 radical (unpaired) electrons. The Labute approximate surface area is 119 Å². The second-order valence-corrected chi connectivity index (χ2v) is 5.39. The van der Waals surface area contributed by atoms with Gasteiger partial charge in [-0.1, -0.05) is 55.0 Å². The Morgan fingerprint density at radius 2 is 1.55 bits per heavy atom. The molecule has 0 aliphatic heterocycles. The quantitative estimate of drug-likeness (QED) is 0.899. The number of hydrogen-bond acceptors (Lipinski definition) is 1. The van der Waals surface area contributed by atoms with Crippen LogP contribution in [0.4, 0.5) is 0 Å². The number of hydrogen-bond donors (Lipinski definition) is 1. The molecule has 1 aliphatic rings. The number of carbonyl (C=O) groups is 1. The molecule has 1 N–H and O–H groups in total. The first-order chi connectivity index (χ1) is 9.84. The van der Waals surface area contributed by atoms with Gasteiger partial charge in [0.25, 0.3) is 5.91 Å². The molecule has 1 aliphatic carbocycles. The minimum atomic E-state index is 0.0402. The van der Waals surface area contributed by atoms with Gasteiger partial charge in [-0.3, -0.25) is 4.79 Å². The van der Waals surface area contributed by atoms with Crippen LogP contribution in [0.15, 0.2) is 60.7 Å². The van der Waals surface area contributed by atoms with Crippen LogP contribution < -0.4 is 5.32 Å². The van der Waals surface area contributed by atoms with Gasteiger partial charge in [-0.05, 0) is 30.5 Å². The number of benzene rings is 2. The molecule has 2 atom stereocenters. The molecule has 2 heteroatoms. The Morgan fingerprint density at radius 3 is 2.25 bits per heavy atom. The van der Waals surface area contributed by atoms with E-state index in [0.717, 1.165) is 18.4 Å². The van der Waals surface area contributed by atoms with Crippen LogP contribution in [0.5, 0.6) is 0 Å². The van der Waals surface area contributed by atoms with E-state index in [1.54, 1.807) is 0 Å². The van der Waals surface area contributed by atoms with Gasteiger partial charge < -0.3 is 5.32 Å². The van der Waals surface area contributed by atoms with Gasteiger partial charge >= 0.3 is 0 Å². The van der Waals surface area contributed by atoms with Gasteiger partial charge in [-0.2, -0.15) is 0 Å². The third-order valence-corrected chi connectivity index (χ3v) is 4.10. The first-order valence-electron chi connectivity index (χ1n) is 7.25. The molecule has 3 rings (SSSR count). The first kappa shape index (κ1) is 12.9. The lowest BCUT2D eigenvalue weighted by Gasteiger charge is -2.21. The largest absolute Gasteiger partial charge is 0.349 e. The lowest BCUT2D eigenvalue weighted by molar-refractivity contribution is 0.0934. The summed E-state index contributed by atoms with van der Waals surface area (Å²) in [6.45, 7) is 0. The number of carbonyl (C=O) groups excluding carboxylic acids is 1. The maximum atomic E-state index is 12.3.